The van der Waals surface area contributed by atoms with Crippen LogP contribution in [0.2, 0.25) is 5.02 Å². The second kappa shape index (κ2) is 5.32. The van der Waals surface area contributed by atoms with Gasteiger partial charge in [0.1, 0.15) is 5.75 Å². The summed E-state index contributed by atoms with van der Waals surface area (Å²) in [5.41, 5.74) is 7.70. The second-order valence-electron chi connectivity index (χ2n) is 3.69. The van der Waals surface area contributed by atoms with E-state index in [4.69, 9.17) is 22.1 Å². The van der Waals surface area contributed by atoms with Crippen molar-refractivity contribution >= 4 is 17.4 Å². The van der Waals surface area contributed by atoms with Gasteiger partial charge >= 0.3 is 0 Å². The van der Waals surface area contributed by atoms with Crippen LogP contribution >= 0.6 is 11.6 Å². The lowest BCUT2D eigenvalue weighted by molar-refractivity contribution is 0.0982. The molecule has 0 radical (unpaired) electrons. The number of ether oxygens (including phenoxy) is 1. The number of hydrogen-bond acceptors (Lipinski definition) is 3. The van der Waals surface area contributed by atoms with Gasteiger partial charge in [-0.25, -0.2) is 0 Å². The zero-order valence-electron chi connectivity index (χ0n) is 9.76. The summed E-state index contributed by atoms with van der Waals surface area (Å²) in [5, 5.41) is 0.494. The van der Waals surface area contributed by atoms with Crippen LogP contribution < -0.4 is 10.5 Å². The van der Waals surface area contributed by atoms with Gasteiger partial charge in [0.25, 0.3) is 0 Å². The lowest BCUT2D eigenvalue weighted by Crippen LogP contribution is -2.11. The molecule has 0 aromatic heterocycles. The fraction of sp³-hybridized carbons (Fsp3) is 0.417. The number of ketones is 1. The largest absolute Gasteiger partial charge is 0.494 e. The highest BCUT2D eigenvalue weighted by Gasteiger charge is 2.19. The number of rotatable bonds is 4. The maximum atomic E-state index is 11.9. The Morgan fingerprint density at radius 3 is 2.56 bits per heavy atom. The number of benzene rings is 1. The van der Waals surface area contributed by atoms with Crippen LogP contribution in [0.5, 0.6) is 5.75 Å². The Balaban J connectivity index is 3.36. The van der Waals surface area contributed by atoms with E-state index in [1.165, 1.54) is 7.11 Å². The summed E-state index contributed by atoms with van der Waals surface area (Å²) < 4.78 is 5.21. The third-order valence-electron chi connectivity index (χ3n) is 2.45. The molecule has 1 aromatic rings. The highest BCUT2D eigenvalue weighted by atomic mass is 35.5. The molecule has 0 atom stereocenters. The van der Waals surface area contributed by atoms with Crippen molar-refractivity contribution in [1.82, 2.24) is 0 Å². The molecule has 0 amide bonds. The lowest BCUT2D eigenvalue weighted by atomic mass is 9.99. The fourth-order valence-electron chi connectivity index (χ4n) is 1.72. The van der Waals surface area contributed by atoms with E-state index in [0.29, 0.717) is 29.3 Å². The van der Waals surface area contributed by atoms with E-state index in [2.05, 4.69) is 0 Å². The first kappa shape index (κ1) is 13.0. The van der Waals surface area contributed by atoms with Crippen LogP contribution in [0, 0.1) is 13.8 Å². The third kappa shape index (κ3) is 2.36. The molecule has 0 unspecified atom stereocenters. The second-order valence-corrected chi connectivity index (χ2v) is 4.07. The van der Waals surface area contributed by atoms with Crippen molar-refractivity contribution < 1.29 is 9.53 Å². The SMILES string of the molecule is COc1c(Cl)c(C)cc(C)c1C(=O)CCN. The van der Waals surface area contributed by atoms with Crippen LogP contribution in [0.1, 0.15) is 27.9 Å². The molecule has 0 spiro atoms. The minimum atomic E-state index is -0.0289. The quantitative estimate of drug-likeness (QED) is 0.824. The number of carbonyl (C=O) groups is 1. The average Bonchev–Trinajstić information content (AvgIpc) is 2.23. The molecule has 4 heteroatoms. The zero-order valence-corrected chi connectivity index (χ0v) is 10.5. The Labute approximate surface area is 101 Å². The number of aryl methyl sites for hydroxylation is 2. The Bertz CT molecular complexity index is 416. The molecule has 0 fully saturated rings. The topological polar surface area (TPSA) is 52.3 Å². The summed E-state index contributed by atoms with van der Waals surface area (Å²) in [5.74, 6) is 0.427. The van der Waals surface area contributed by atoms with Gasteiger partial charge < -0.3 is 10.5 Å². The van der Waals surface area contributed by atoms with Crippen LogP contribution in [0.4, 0.5) is 0 Å². The van der Waals surface area contributed by atoms with Crippen LogP contribution in [0.15, 0.2) is 6.07 Å². The van der Waals surface area contributed by atoms with E-state index in [1.807, 2.05) is 19.9 Å². The van der Waals surface area contributed by atoms with Crippen molar-refractivity contribution in [2.75, 3.05) is 13.7 Å². The summed E-state index contributed by atoms with van der Waals surface area (Å²) in [7, 11) is 1.51. The van der Waals surface area contributed by atoms with Gasteiger partial charge in [0, 0.05) is 6.42 Å². The highest BCUT2D eigenvalue weighted by molar-refractivity contribution is 6.33. The van der Waals surface area contributed by atoms with Gasteiger partial charge in [0.05, 0.1) is 17.7 Å². The summed E-state index contributed by atoms with van der Waals surface area (Å²) in [4.78, 5) is 11.9. The first-order valence-electron chi connectivity index (χ1n) is 5.09. The lowest BCUT2D eigenvalue weighted by Gasteiger charge is -2.14. The number of nitrogens with two attached hydrogens (primary N) is 1. The minimum absolute atomic E-state index is 0.0289. The molecule has 1 rings (SSSR count). The van der Waals surface area contributed by atoms with Gasteiger partial charge in [0.15, 0.2) is 5.78 Å². The molecule has 1 aromatic carbocycles. The third-order valence-corrected chi connectivity index (χ3v) is 2.92. The molecule has 3 nitrogen and oxygen atoms in total. The van der Waals surface area contributed by atoms with Gasteiger partial charge in [-0.3, -0.25) is 4.79 Å². The van der Waals surface area contributed by atoms with Gasteiger partial charge in [-0.1, -0.05) is 17.7 Å². The van der Waals surface area contributed by atoms with Crippen molar-refractivity contribution in [3.8, 4) is 5.75 Å². The first-order valence-corrected chi connectivity index (χ1v) is 5.47. The standard InChI is InChI=1S/C12H16ClNO2/c1-7-6-8(2)11(13)12(16-3)10(7)9(15)4-5-14/h6H,4-5,14H2,1-3H3. The summed E-state index contributed by atoms with van der Waals surface area (Å²) >= 11 is 6.11. The Hall–Kier alpha value is -1.06. The van der Waals surface area contributed by atoms with Crippen molar-refractivity contribution in [1.29, 1.82) is 0 Å². The number of carbonyl (C=O) groups excluding carboxylic acids is 1. The number of Topliss-reactive ketones (excluding diaryl/α,β-unsaturated/α-hetero) is 1. The Morgan fingerprint density at radius 2 is 2.06 bits per heavy atom. The van der Waals surface area contributed by atoms with Crippen LogP contribution in [-0.4, -0.2) is 19.4 Å². The molecule has 0 aliphatic carbocycles. The van der Waals surface area contributed by atoms with E-state index in [9.17, 15) is 4.79 Å². The van der Waals surface area contributed by atoms with Crippen molar-refractivity contribution in [2.45, 2.75) is 20.3 Å². The van der Waals surface area contributed by atoms with E-state index in [-0.39, 0.29) is 5.78 Å². The van der Waals surface area contributed by atoms with Crippen LogP contribution in [0.25, 0.3) is 0 Å². The summed E-state index contributed by atoms with van der Waals surface area (Å²) in [6.45, 7) is 4.08. The van der Waals surface area contributed by atoms with Crippen molar-refractivity contribution in [3.05, 3.63) is 27.8 Å². The molecule has 0 saturated heterocycles. The molecule has 16 heavy (non-hydrogen) atoms. The first-order chi connectivity index (χ1) is 7.52. The zero-order chi connectivity index (χ0) is 12.3. The molecule has 0 aliphatic heterocycles. The van der Waals surface area contributed by atoms with Gasteiger partial charge in [0.2, 0.25) is 0 Å². The molecule has 0 bridgehead atoms. The van der Waals surface area contributed by atoms with Gasteiger partial charge in [-0.15, -0.1) is 0 Å². The van der Waals surface area contributed by atoms with Crippen molar-refractivity contribution in [3.63, 3.8) is 0 Å². The number of methoxy groups -OCH3 is 1. The van der Waals surface area contributed by atoms with Crippen LogP contribution in [-0.2, 0) is 0 Å². The minimum Gasteiger partial charge on any atom is -0.494 e. The van der Waals surface area contributed by atoms with E-state index in [0.717, 1.165) is 11.1 Å². The smallest absolute Gasteiger partial charge is 0.168 e. The molecular formula is C12H16ClNO2. The van der Waals surface area contributed by atoms with E-state index < -0.39 is 0 Å². The predicted molar refractivity (Wildman–Crippen MR) is 65.5 cm³/mol. The number of halogens is 1. The van der Waals surface area contributed by atoms with Gasteiger partial charge in [-0.05, 0) is 31.5 Å². The highest BCUT2D eigenvalue weighted by Crippen LogP contribution is 2.34. The molecule has 0 saturated carbocycles. The number of hydrogen-bond donors (Lipinski definition) is 1. The van der Waals surface area contributed by atoms with E-state index in [1.54, 1.807) is 0 Å². The Kier molecular flexibility index (Phi) is 4.33. The molecule has 88 valence electrons. The monoisotopic (exact) mass is 241 g/mol. The predicted octanol–water partition coefficient (Wildman–Crippen LogP) is 2.50. The maximum Gasteiger partial charge on any atom is 0.168 e. The summed E-state index contributed by atoms with van der Waals surface area (Å²) in [6, 6.07) is 1.88. The molecular weight excluding hydrogens is 226 g/mol. The normalized spacial score (nSPS) is 10.3. The Morgan fingerprint density at radius 1 is 1.44 bits per heavy atom. The van der Waals surface area contributed by atoms with Gasteiger partial charge in [-0.2, -0.15) is 0 Å². The molecule has 2 N–H and O–H groups in total. The molecule has 0 aliphatic rings. The van der Waals surface area contributed by atoms with E-state index >= 15 is 0 Å². The fourth-order valence-corrected chi connectivity index (χ4v) is 1.95. The average molecular weight is 242 g/mol. The maximum absolute atomic E-state index is 11.9. The van der Waals surface area contributed by atoms with Crippen molar-refractivity contribution in [2.24, 2.45) is 5.73 Å². The molecule has 0 heterocycles. The summed E-state index contributed by atoms with van der Waals surface area (Å²) in [6.07, 6.45) is 0.302. The van der Waals surface area contributed by atoms with Crippen LogP contribution in [0.3, 0.4) is 0 Å².